The molecule has 0 saturated carbocycles. The number of benzene rings is 2. The summed E-state index contributed by atoms with van der Waals surface area (Å²) in [5, 5.41) is 4.05. The van der Waals surface area contributed by atoms with Gasteiger partial charge in [0.2, 0.25) is 0 Å². The molecule has 0 aliphatic carbocycles. The molecule has 0 radical (unpaired) electrons. The van der Waals surface area contributed by atoms with E-state index in [2.05, 4.69) is 47.2 Å². The van der Waals surface area contributed by atoms with Gasteiger partial charge in [-0.15, -0.1) is 0 Å². The summed E-state index contributed by atoms with van der Waals surface area (Å²) in [4.78, 5) is 0. The van der Waals surface area contributed by atoms with Crippen LogP contribution in [0.15, 0.2) is 46.9 Å². The van der Waals surface area contributed by atoms with Crippen LogP contribution in [0, 0.1) is 0 Å². The van der Waals surface area contributed by atoms with Crippen molar-refractivity contribution in [3.8, 4) is 11.5 Å². The molecule has 0 aliphatic rings. The highest BCUT2D eigenvalue weighted by Gasteiger charge is 2.08. The lowest BCUT2D eigenvalue weighted by Crippen LogP contribution is -2.17. The quantitative estimate of drug-likeness (QED) is 0.758. The fraction of sp³-hybridized carbons (Fsp3) is 0.250. The van der Waals surface area contributed by atoms with Crippen LogP contribution in [-0.2, 0) is 0 Å². The van der Waals surface area contributed by atoms with Gasteiger partial charge in [0.05, 0.1) is 4.47 Å². The van der Waals surface area contributed by atoms with Gasteiger partial charge in [-0.2, -0.15) is 0 Å². The zero-order valence-corrected chi connectivity index (χ0v) is 13.8. The van der Waals surface area contributed by atoms with Gasteiger partial charge >= 0.3 is 0 Å². The Labute approximate surface area is 133 Å². The first-order valence-electron chi connectivity index (χ1n) is 6.56. The van der Waals surface area contributed by atoms with E-state index >= 15 is 0 Å². The molecule has 0 saturated heterocycles. The van der Waals surface area contributed by atoms with E-state index in [4.69, 9.17) is 16.3 Å². The molecule has 0 amide bonds. The van der Waals surface area contributed by atoms with Crippen molar-refractivity contribution in [1.29, 1.82) is 0 Å². The lowest BCUT2D eigenvalue weighted by Gasteiger charge is -2.15. The summed E-state index contributed by atoms with van der Waals surface area (Å²) in [5.41, 5.74) is 1.22. The smallest absolute Gasteiger partial charge is 0.141 e. The van der Waals surface area contributed by atoms with Crippen LogP contribution in [0.5, 0.6) is 11.5 Å². The summed E-state index contributed by atoms with van der Waals surface area (Å²) in [6.45, 7) is 5.19. The summed E-state index contributed by atoms with van der Waals surface area (Å²) in [5.74, 6) is 1.50. The third-order valence-corrected chi connectivity index (χ3v) is 3.84. The van der Waals surface area contributed by atoms with Crippen LogP contribution < -0.4 is 10.1 Å². The van der Waals surface area contributed by atoms with Gasteiger partial charge in [0.25, 0.3) is 0 Å². The average molecular weight is 355 g/mol. The predicted molar refractivity (Wildman–Crippen MR) is 87.8 cm³/mol. The van der Waals surface area contributed by atoms with E-state index in [0.717, 1.165) is 22.5 Å². The second-order valence-corrected chi connectivity index (χ2v) is 5.82. The number of hydrogen-bond donors (Lipinski definition) is 1. The molecular weight excluding hydrogens is 338 g/mol. The number of halogens is 2. The Morgan fingerprint density at radius 3 is 2.70 bits per heavy atom. The van der Waals surface area contributed by atoms with Crippen molar-refractivity contribution in [2.45, 2.75) is 19.9 Å². The van der Waals surface area contributed by atoms with E-state index in [1.807, 2.05) is 24.3 Å². The highest BCUT2D eigenvalue weighted by atomic mass is 79.9. The minimum Gasteiger partial charge on any atom is -0.456 e. The minimum absolute atomic E-state index is 0.316. The van der Waals surface area contributed by atoms with Crippen molar-refractivity contribution in [3.05, 3.63) is 57.5 Å². The SMILES string of the molecule is CCNC(C)c1ccc(Oc2cccc(Cl)c2)c(Br)c1. The Morgan fingerprint density at radius 2 is 2.05 bits per heavy atom. The molecule has 0 fully saturated rings. The normalized spacial score (nSPS) is 12.2. The largest absolute Gasteiger partial charge is 0.456 e. The lowest BCUT2D eigenvalue weighted by molar-refractivity contribution is 0.479. The van der Waals surface area contributed by atoms with Crippen molar-refractivity contribution in [1.82, 2.24) is 5.32 Å². The molecule has 1 unspecified atom stereocenters. The molecule has 4 heteroatoms. The van der Waals surface area contributed by atoms with Gasteiger partial charge in [-0.25, -0.2) is 0 Å². The van der Waals surface area contributed by atoms with E-state index in [0.29, 0.717) is 11.1 Å². The maximum Gasteiger partial charge on any atom is 0.141 e. The first-order chi connectivity index (χ1) is 9.60. The summed E-state index contributed by atoms with van der Waals surface area (Å²) in [6.07, 6.45) is 0. The first-order valence-corrected chi connectivity index (χ1v) is 7.73. The van der Waals surface area contributed by atoms with E-state index < -0.39 is 0 Å². The van der Waals surface area contributed by atoms with Gasteiger partial charge in [0, 0.05) is 11.1 Å². The van der Waals surface area contributed by atoms with Crippen LogP contribution in [0.1, 0.15) is 25.5 Å². The van der Waals surface area contributed by atoms with Gasteiger partial charge in [-0.3, -0.25) is 0 Å². The average Bonchev–Trinajstić information content (AvgIpc) is 2.41. The third-order valence-electron chi connectivity index (χ3n) is 2.99. The van der Waals surface area contributed by atoms with E-state index in [9.17, 15) is 0 Å². The van der Waals surface area contributed by atoms with Crippen molar-refractivity contribution in [2.75, 3.05) is 6.54 Å². The molecule has 20 heavy (non-hydrogen) atoms. The molecule has 2 nitrogen and oxygen atoms in total. The minimum atomic E-state index is 0.316. The first kappa shape index (κ1) is 15.4. The van der Waals surface area contributed by atoms with Crippen LogP contribution in [0.3, 0.4) is 0 Å². The van der Waals surface area contributed by atoms with Crippen molar-refractivity contribution in [2.24, 2.45) is 0 Å². The zero-order valence-electron chi connectivity index (χ0n) is 11.5. The van der Waals surface area contributed by atoms with Gasteiger partial charge in [0.15, 0.2) is 0 Å². The van der Waals surface area contributed by atoms with Crippen LogP contribution in [0.2, 0.25) is 5.02 Å². The standard InChI is InChI=1S/C16H17BrClNO/c1-3-19-11(2)12-7-8-16(15(17)9-12)20-14-6-4-5-13(18)10-14/h4-11,19H,3H2,1-2H3. The van der Waals surface area contributed by atoms with Crippen LogP contribution in [-0.4, -0.2) is 6.54 Å². The molecular formula is C16H17BrClNO. The molecule has 0 heterocycles. The number of nitrogens with one attached hydrogen (secondary N) is 1. The zero-order chi connectivity index (χ0) is 14.5. The number of rotatable bonds is 5. The molecule has 1 N–H and O–H groups in total. The molecule has 1 atom stereocenters. The van der Waals surface area contributed by atoms with Crippen LogP contribution >= 0.6 is 27.5 Å². The molecule has 0 bridgehead atoms. The summed E-state index contributed by atoms with van der Waals surface area (Å²) in [7, 11) is 0. The highest BCUT2D eigenvalue weighted by Crippen LogP contribution is 2.32. The fourth-order valence-electron chi connectivity index (χ4n) is 1.95. The molecule has 0 aromatic heterocycles. The molecule has 2 rings (SSSR count). The Morgan fingerprint density at radius 1 is 1.25 bits per heavy atom. The van der Waals surface area contributed by atoms with Gasteiger partial charge < -0.3 is 10.1 Å². The van der Waals surface area contributed by atoms with Crippen molar-refractivity contribution < 1.29 is 4.74 Å². The van der Waals surface area contributed by atoms with E-state index in [-0.39, 0.29) is 0 Å². The molecule has 2 aromatic carbocycles. The summed E-state index contributed by atoms with van der Waals surface area (Å²) < 4.78 is 6.76. The summed E-state index contributed by atoms with van der Waals surface area (Å²) in [6, 6.07) is 13.8. The Kier molecular flexibility index (Phi) is 5.46. The Hall–Kier alpha value is -1.03. The molecule has 2 aromatic rings. The Balaban J connectivity index is 2.17. The van der Waals surface area contributed by atoms with E-state index in [1.165, 1.54) is 5.56 Å². The monoisotopic (exact) mass is 353 g/mol. The van der Waals surface area contributed by atoms with Gasteiger partial charge in [-0.05, 0) is 65.3 Å². The maximum absolute atomic E-state index is 5.95. The fourth-order valence-corrected chi connectivity index (χ4v) is 2.61. The van der Waals surface area contributed by atoms with Crippen molar-refractivity contribution in [3.63, 3.8) is 0 Å². The molecule has 0 spiro atoms. The van der Waals surface area contributed by atoms with Gasteiger partial charge in [-0.1, -0.05) is 30.7 Å². The Bertz CT molecular complexity index is 588. The summed E-state index contributed by atoms with van der Waals surface area (Å²) >= 11 is 9.51. The van der Waals surface area contributed by atoms with Crippen LogP contribution in [0.25, 0.3) is 0 Å². The predicted octanol–water partition coefficient (Wildman–Crippen LogP) is 5.57. The number of hydrogen-bond acceptors (Lipinski definition) is 2. The highest BCUT2D eigenvalue weighted by molar-refractivity contribution is 9.10. The topological polar surface area (TPSA) is 21.3 Å². The maximum atomic E-state index is 5.95. The third kappa shape index (κ3) is 3.98. The number of ether oxygens (including phenoxy) is 1. The molecule has 0 aliphatic heterocycles. The van der Waals surface area contributed by atoms with Crippen molar-refractivity contribution >= 4 is 27.5 Å². The lowest BCUT2D eigenvalue weighted by atomic mass is 10.1. The van der Waals surface area contributed by atoms with E-state index in [1.54, 1.807) is 6.07 Å². The van der Waals surface area contributed by atoms with Crippen LogP contribution in [0.4, 0.5) is 0 Å². The van der Waals surface area contributed by atoms with Gasteiger partial charge in [0.1, 0.15) is 11.5 Å². The second kappa shape index (κ2) is 7.11. The second-order valence-electron chi connectivity index (χ2n) is 4.53. The molecule has 106 valence electrons.